The molecule has 2 rings (SSSR count). The summed E-state index contributed by atoms with van der Waals surface area (Å²) >= 11 is 6.01. The van der Waals surface area contributed by atoms with Crippen molar-refractivity contribution in [1.29, 1.82) is 0 Å². The van der Waals surface area contributed by atoms with Crippen LogP contribution in [0.1, 0.15) is 24.5 Å². The zero-order valence-electron chi connectivity index (χ0n) is 11.2. The molecule has 1 aromatic carbocycles. The molecule has 5 heteroatoms. The summed E-state index contributed by atoms with van der Waals surface area (Å²) in [6.07, 6.45) is 0.482. The molecule has 0 radical (unpaired) electrons. The minimum absolute atomic E-state index is 0.563. The van der Waals surface area contributed by atoms with Crippen LogP contribution in [-0.4, -0.2) is 38.1 Å². The molecule has 1 unspecified atom stereocenters. The molecule has 1 atom stereocenters. The van der Waals surface area contributed by atoms with Gasteiger partial charge in [-0.1, -0.05) is 11.6 Å². The summed E-state index contributed by atoms with van der Waals surface area (Å²) in [5.41, 5.74) is 0.00897. The minimum Gasteiger partial charge on any atom is -0.496 e. The maximum atomic E-state index is 10.7. The van der Waals surface area contributed by atoms with Crippen molar-refractivity contribution in [3.63, 3.8) is 0 Å². The topological polar surface area (TPSA) is 47.9 Å². The van der Waals surface area contributed by atoms with E-state index in [0.717, 1.165) is 0 Å². The van der Waals surface area contributed by atoms with Crippen LogP contribution in [0.5, 0.6) is 5.75 Å². The molecule has 106 valence electrons. The molecular weight excluding hydrogens is 268 g/mol. The number of halogens is 1. The molecule has 1 heterocycles. The van der Waals surface area contributed by atoms with Gasteiger partial charge in [0.15, 0.2) is 0 Å². The van der Waals surface area contributed by atoms with Crippen molar-refractivity contribution >= 4 is 11.6 Å². The molecule has 0 saturated carbocycles. The Morgan fingerprint density at radius 2 is 2.00 bits per heavy atom. The highest BCUT2D eigenvalue weighted by Gasteiger charge is 2.41. The van der Waals surface area contributed by atoms with Crippen molar-refractivity contribution in [3.05, 3.63) is 28.8 Å². The Balaban J connectivity index is 2.36. The standard InChI is InChI=1S/C14H19ClO4/c1-17-12-4-3-10(15)9-11(12)13(16)14(18-2)5-7-19-8-6-14/h3-4,9,13,16H,5-8H2,1-2H3. The average Bonchev–Trinajstić information content (AvgIpc) is 2.47. The second-order valence-electron chi connectivity index (χ2n) is 4.67. The summed E-state index contributed by atoms with van der Waals surface area (Å²) in [7, 11) is 3.19. The normalized spacial score (nSPS) is 20.0. The Bertz CT molecular complexity index is 429. The van der Waals surface area contributed by atoms with Crippen LogP contribution in [0.25, 0.3) is 0 Å². The van der Waals surface area contributed by atoms with E-state index in [1.165, 1.54) is 0 Å². The lowest BCUT2D eigenvalue weighted by Gasteiger charge is -2.40. The molecular formula is C14H19ClO4. The molecule has 19 heavy (non-hydrogen) atoms. The van der Waals surface area contributed by atoms with E-state index in [1.807, 2.05) is 0 Å². The first-order chi connectivity index (χ1) is 9.13. The van der Waals surface area contributed by atoms with Gasteiger partial charge in [0.1, 0.15) is 17.5 Å². The van der Waals surface area contributed by atoms with Gasteiger partial charge in [-0.2, -0.15) is 0 Å². The van der Waals surface area contributed by atoms with Crippen LogP contribution in [0.3, 0.4) is 0 Å². The molecule has 0 bridgehead atoms. The molecule has 0 spiro atoms. The molecule has 1 fully saturated rings. The maximum Gasteiger partial charge on any atom is 0.124 e. The fourth-order valence-electron chi connectivity index (χ4n) is 2.51. The van der Waals surface area contributed by atoms with Crippen LogP contribution in [0, 0.1) is 0 Å². The number of benzene rings is 1. The molecule has 4 nitrogen and oxygen atoms in total. The summed E-state index contributed by atoms with van der Waals surface area (Å²) < 4.78 is 16.2. The van der Waals surface area contributed by atoms with Gasteiger partial charge in [-0.25, -0.2) is 0 Å². The van der Waals surface area contributed by atoms with Crippen LogP contribution in [0.4, 0.5) is 0 Å². The van der Waals surface area contributed by atoms with Crippen LogP contribution in [0.15, 0.2) is 18.2 Å². The Labute approximate surface area is 118 Å². The number of aliphatic hydroxyl groups is 1. The zero-order chi connectivity index (χ0) is 13.9. The van der Waals surface area contributed by atoms with Gasteiger partial charge in [-0.15, -0.1) is 0 Å². The van der Waals surface area contributed by atoms with Gasteiger partial charge < -0.3 is 19.3 Å². The summed E-state index contributed by atoms with van der Waals surface area (Å²) in [6, 6.07) is 5.21. The van der Waals surface area contributed by atoms with Gasteiger partial charge in [0.2, 0.25) is 0 Å². The fraction of sp³-hybridized carbons (Fsp3) is 0.571. The summed E-state index contributed by atoms with van der Waals surface area (Å²) in [4.78, 5) is 0. The Hall–Kier alpha value is -0.810. The highest BCUT2D eigenvalue weighted by Crippen LogP contribution is 2.41. The smallest absolute Gasteiger partial charge is 0.124 e. The molecule has 1 aliphatic heterocycles. The van der Waals surface area contributed by atoms with Gasteiger partial charge in [-0.3, -0.25) is 0 Å². The van der Waals surface area contributed by atoms with E-state index in [0.29, 0.717) is 42.4 Å². The molecule has 1 aliphatic rings. The van der Waals surface area contributed by atoms with E-state index in [4.69, 9.17) is 25.8 Å². The van der Waals surface area contributed by atoms with Gasteiger partial charge >= 0.3 is 0 Å². The van der Waals surface area contributed by atoms with E-state index >= 15 is 0 Å². The van der Waals surface area contributed by atoms with Gasteiger partial charge in [0.25, 0.3) is 0 Å². The lowest BCUT2D eigenvalue weighted by molar-refractivity contribution is -0.154. The number of hydrogen-bond donors (Lipinski definition) is 1. The first kappa shape index (κ1) is 14.6. The Kier molecular flexibility index (Phi) is 4.68. The van der Waals surface area contributed by atoms with Crippen LogP contribution >= 0.6 is 11.6 Å². The van der Waals surface area contributed by atoms with Crippen LogP contribution < -0.4 is 4.74 Å². The van der Waals surface area contributed by atoms with Crippen molar-refractivity contribution in [3.8, 4) is 5.75 Å². The van der Waals surface area contributed by atoms with Gasteiger partial charge in [0, 0.05) is 43.8 Å². The third-order valence-corrected chi connectivity index (χ3v) is 3.97. The fourth-order valence-corrected chi connectivity index (χ4v) is 2.69. The largest absolute Gasteiger partial charge is 0.496 e. The van der Waals surface area contributed by atoms with E-state index in [-0.39, 0.29) is 0 Å². The Morgan fingerprint density at radius 1 is 1.32 bits per heavy atom. The third-order valence-electron chi connectivity index (χ3n) is 3.73. The van der Waals surface area contributed by atoms with E-state index in [2.05, 4.69) is 0 Å². The molecule has 0 amide bonds. The predicted octanol–water partition coefficient (Wildman–Crippen LogP) is 2.58. The molecule has 0 aromatic heterocycles. The van der Waals surface area contributed by atoms with Crippen LogP contribution in [0.2, 0.25) is 5.02 Å². The predicted molar refractivity (Wildman–Crippen MR) is 72.8 cm³/mol. The highest BCUT2D eigenvalue weighted by atomic mass is 35.5. The zero-order valence-corrected chi connectivity index (χ0v) is 11.9. The number of rotatable bonds is 4. The van der Waals surface area contributed by atoms with Crippen molar-refractivity contribution in [2.24, 2.45) is 0 Å². The maximum absolute atomic E-state index is 10.7. The minimum atomic E-state index is -0.796. The van der Waals surface area contributed by atoms with Crippen molar-refractivity contribution < 1.29 is 19.3 Å². The number of aliphatic hydroxyl groups excluding tert-OH is 1. The van der Waals surface area contributed by atoms with E-state index in [1.54, 1.807) is 32.4 Å². The molecule has 1 aromatic rings. The Morgan fingerprint density at radius 3 is 2.58 bits per heavy atom. The summed E-state index contributed by atoms with van der Waals surface area (Å²) in [5.74, 6) is 0.611. The highest BCUT2D eigenvalue weighted by molar-refractivity contribution is 6.30. The third kappa shape index (κ3) is 2.87. The molecule has 1 N–H and O–H groups in total. The van der Waals surface area contributed by atoms with Gasteiger partial charge in [0.05, 0.1) is 7.11 Å². The first-order valence-electron chi connectivity index (χ1n) is 6.27. The number of hydrogen-bond acceptors (Lipinski definition) is 4. The van der Waals surface area contributed by atoms with E-state index < -0.39 is 11.7 Å². The first-order valence-corrected chi connectivity index (χ1v) is 6.65. The van der Waals surface area contributed by atoms with Crippen molar-refractivity contribution in [2.75, 3.05) is 27.4 Å². The molecule has 0 aliphatic carbocycles. The summed E-state index contributed by atoms with van der Waals surface area (Å²) in [5, 5.41) is 11.3. The molecule has 1 saturated heterocycles. The average molecular weight is 287 g/mol. The quantitative estimate of drug-likeness (QED) is 0.924. The van der Waals surface area contributed by atoms with E-state index in [9.17, 15) is 5.11 Å². The SMILES string of the molecule is COc1ccc(Cl)cc1C(O)C1(OC)CCOCC1. The van der Waals surface area contributed by atoms with Crippen molar-refractivity contribution in [1.82, 2.24) is 0 Å². The number of ether oxygens (including phenoxy) is 3. The second-order valence-corrected chi connectivity index (χ2v) is 5.11. The second kappa shape index (κ2) is 6.09. The monoisotopic (exact) mass is 286 g/mol. The number of methoxy groups -OCH3 is 2. The lowest BCUT2D eigenvalue weighted by Crippen LogP contribution is -2.43. The van der Waals surface area contributed by atoms with Crippen LogP contribution in [-0.2, 0) is 9.47 Å². The van der Waals surface area contributed by atoms with Crippen molar-refractivity contribution in [2.45, 2.75) is 24.5 Å². The summed E-state index contributed by atoms with van der Waals surface area (Å²) in [6.45, 7) is 1.15. The van der Waals surface area contributed by atoms with Gasteiger partial charge in [-0.05, 0) is 18.2 Å². The lowest BCUT2D eigenvalue weighted by atomic mass is 9.84.